The van der Waals surface area contributed by atoms with Crippen LogP contribution in [0.4, 0.5) is 0 Å². The fraction of sp³-hybridized carbons (Fsp3) is 0.636. The number of rotatable bonds is 3. The van der Waals surface area contributed by atoms with Crippen LogP contribution in [-0.2, 0) is 16.6 Å². The van der Waals surface area contributed by atoms with Gasteiger partial charge in [0.1, 0.15) is 0 Å². The second-order valence-corrected chi connectivity index (χ2v) is 7.43. The number of sulfonamides is 1. The van der Waals surface area contributed by atoms with Gasteiger partial charge in [0.25, 0.3) is 0 Å². The fourth-order valence-corrected chi connectivity index (χ4v) is 5.12. The molecule has 1 aliphatic rings. The smallest absolute Gasteiger partial charge is 0.244 e. The monoisotopic (exact) mass is 274 g/mol. The Morgan fingerprint density at radius 2 is 2.35 bits per heavy atom. The number of thiophene rings is 1. The summed E-state index contributed by atoms with van der Waals surface area (Å²) in [5, 5.41) is 1.79. The topological polar surface area (TPSA) is 63.4 Å². The van der Waals surface area contributed by atoms with E-state index in [1.807, 2.05) is 0 Å². The first-order valence-electron chi connectivity index (χ1n) is 5.82. The number of piperidine rings is 1. The fourth-order valence-electron chi connectivity index (χ4n) is 2.21. The molecule has 2 rings (SSSR count). The number of hydrogen-bond donors (Lipinski definition) is 1. The van der Waals surface area contributed by atoms with E-state index in [1.54, 1.807) is 15.8 Å². The van der Waals surface area contributed by atoms with Gasteiger partial charge < -0.3 is 5.73 Å². The zero-order valence-electron chi connectivity index (χ0n) is 9.93. The number of nitrogens with zero attached hydrogens (tertiary/aromatic N) is 1. The van der Waals surface area contributed by atoms with Gasteiger partial charge in [-0.15, -0.1) is 11.3 Å². The Balaban J connectivity index is 2.30. The minimum Gasteiger partial charge on any atom is -0.326 e. The van der Waals surface area contributed by atoms with Crippen molar-refractivity contribution in [3.63, 3.8) is 0 Å². The molecule has 17 heavy (non-hydrogen) atoms. The minimum absolute atomic E-state index is 0.287. The Hall–Kier alpha value is -0.430. The van der Waals surface area contributed by atoms with Gasteiger partial charge in [-0.3, -0.25) is 0 Å². The molecular formula is C11H18N2O2S2. The van der Waals surface area contributed by atoms with E-state index in [0.29, 0.717) is 23.9 Å². The molecule has 0 saturated carbocycles. The van der Waals surface area contributed by atoms with E-state index in [0.717, 1.165) is 17.7 Å². The molecule has 2 heterocycles. The van der Waals surface area contributed by atoms with Crippen LogP contribution in [0.15, 0.2) is 16.3 Å². The van der Waals surface area contributed by atoms with Crippen LogP contribution in [-0.4, -0.2) is 25.8 Å². The molecule has 2 N–H and O–H groups in total. The van der Waals surface area contributed by atoms with Gasteiger partial charge in [-0.25, -0.2) is 8.42 Å². The van der Waals surface area contributed by atoms with Gasteiger partial charge >= 0.3 is 0 Å². The third kappa shape index (κ3) is 2.54. The number of nitrogens with two attached hydrogens (primary N) is 1. The Bertz CT molecular complexity index is 481. The highest BCUT2D eigenvalue weighted by Crippen LogP contribution is 2.28. The van der Waals surface area contributed by atoms with Gasteiger partial charge in [0.15, 0.2) is 0 Å². The molecular weight excluding hydrogens is 256 g/mol. The van der Waals surface area contributed by atoms with Gasteiger partial charge in [0.2, 0.25) is 10.0 Å². The van der Waals surface area contributed by atoms with Crippen LogP contribution in [0.25, 0.3) is 0 Å². The highest BCUT2D eigenvalue weighted by Gasteiger charge is 2.30. The molecule has 0 aromatic carbocycles. The van der Waals surface area contributed by atoms with Crippen molar-refractivity contribution >= 4 is 21.4 Å². The van der Waals surface area contributed by atoms with Gasteiger partial charge in [0.05, 0.1) is 4.90 Å². The lowest BCUT2D eigenvalue weighted by atomic mass is 10.0. The molecule has 4 nitrogen and oxygen atoms in total. The van der Waals surface area contributed by atoms with E-state index in [-0.39, 0.29) is 6.54 Å². The molecule has 0 unspecified atom stereocenters. The third-order valence-electron chi connectivity index (χ3n) is 3.13. The predicted octanol–water partition coefficient (Wildman–Crippen LogP) is 1.63. The van der Waals surface area contributed by atoms with Crippen LogP contribution in [0.1, 0.15) is 24.6 Å². The second-order valence-electron chi connectivity index (χ2n) is 4.52. The molecule has 1 fully saturated rings. The van der Waals surface area contributed by atoms with Gasteiger partial charge in [-0.2, -0.15) is 4.31 Å². The summed E-state index contributed by atoms with van der Waals surface area (Å²) in [4.78, 5) is 1.15. The van der Waals surface area contributed by atoms with Crippen molar-refractivity contribution in [2.75, 3.05) is 13.1 Å². The Morgan fingerprint density at radius 1 is 1.59 bits per heavy atom. The average molecular weight is 274 g/mol. The standard InChI is InChI=1S/C11H18N2O2S2/c1-9-3-2-5-13(8-9)17(14,15)11-4-6-16-10(11)7-12/h4,6,9H,2-3,5,7-8,12H2,1H3/t9-/m1/s1. The van der Waals surface area contributed by atoms with Crippen molar-refractivity contribution in [3.8, 4) is 0 Å². The van der Waals surface area contributed by atoms with E-state index in [2.05, 4.69) is 6.92 Å². The van der Waals surface area contributed by atoms with Gasteiger partial charge in [-0.1, -0.05) is 6.92 Å². The lowest BCUT2D eigenvalue weighted by molar-refractivity contribution is 0.281. The van der Waals surface area contributed by atoms with Crippen molar-refractivity contribution in [1.82, 2.24) is 4.31 Å². The third-order valence-corrected chi connectivity index (χ3v) is 6.15. The molecule has 1 saturated heterocycles. The Labute approximate surface area is 106 Å². The van der Waals surface area contributed by atoms with Crippen molar-refractivity contribution in [3.05, 3.63) is 16.3 Å². The maximum absolute atomic E-state index is 12.5. The summed E-state index contributed by atoms with van der Waals surface area (Å²) in [5.74, 6) is 0.443. The maximum Gasteiger partial charge on any atom is 0.244 e. The van der Waals surface area contributed by atoms with Crippen LogP contribution in [0.3, 0.4) is 0 Å². The molecule has 0 amide bonds. The molecule has 0 bridgehead atoms. The normalized spacial score (nSPS) is 22.8. The SMILES string of the molecule is C[C@@H]1CCCN(S(=O)(=O)c2ccsc2CN)C1. The molecule has 0 radical (unpaired) electrons. The number of hydrogen-bond acceptors (Lipinski definition) is 4. The molecule has 6 heteroatoms. The molecule has 0 spiro atoms. The molecule has 1 aromatic rings. The largest absolute Gasteiger partial charge is 0.326 e. The minimum atomic E-state index is -3.33. The first kappa shape index (κ1) is 13.0. The second kappa shape index (κ2) is 5.06. The summed E-state index contributed by atoms with van der Waals surface area (Å²) in [5.41, 5.74) is 5.58. The summed E-state index contributed by atoms with van der Waals surface area (Å²) in [6.07, 6.45) is 2.06. The van der Waals surface area contributed by atoms with E-state index in [9.17, 15) is 8.42 Å². The summed E-state index contributed by atoms with van der Waals surface area (Å²) < 4.78 is 26.5. The van der Waals surface area contributed by atoms with Crippen LogP contribution >= 0.6 is 11.3 Å². The lowest BCUT2D eigenvalue weighted by Gasteiger charge is -2.30. The van der Waals surface area contributed by atoms with Crippen molar-refractivity contribution in [2.24, 2.45) is 11.7 Å². The van der Waals surface area contributed by atoms with Gasteiger partial charge in [-0.05, 0) is 30.2 Å². The molecule has 1 atom stereocenters. The van der Waals surface area contributed by atoms with E-state index < -0.39 is 10.0 Å². The van der Waals surface area contributed by atoms with E-state index in [4.69, 9.17) is 5.73 Å². The highest BCUT2D eigenvalue weighted by molar-refractivity contribution is 7.89. The Kier molecular flexibility index (Phi) is 3.87. The van der Waals surface area contributed by atoms with Crippen LogP contribution < -0.4 is 5.73 Å². The molecule has 0 aliphatic carbocycles. The van der Waals surface area contributed by atoms with Crippen molar-refractivity contribution in [2.45, 2.75) is 31.2 Å². The summed E-state index contributed by atoms with van der Waals surface area (Å²) >= 11 is 1.41. The van der Waals surface area contributed by atoms with Crippen LogP contribution in [0.2, 0.25) is 0 Å². The van der Waals surface area contributed by atoms with E-state index >= 15 is 0 Å². The van der Waals surface area contributed by atoms with Gasteiger partial charge in [0, 0.05) is 24.5 Å². The molecule has 96 valence electrons. The first-order valence-corrected chi connectivity index (χ1v) is 8.14. The Morgan fingerprint density at radius 3 is 3.00 bits per heavy atom. The molecule has 1 aromatic heterocycles. The maximum atomic E-state index is 12.5. The summed E-state index contributed by atoms with van der Waals surface area (Å²) in [7, 11) is -3.33. The predicted molar refractivity (Wildman–Crippen MR) is 69.4 cm³/mol. The summed E-state index contributed by atoms with van der Waals surface area (Å²) in [6, 6.07) is 1.67. The molecule has 1 aliphatic heterocycles. The van der Waals surface area contributed by atoms with Crippen LogP contribution in [0, 0.1) is 5.92 Å². The zero-order valence-corrected chi connectivity index (χ0v) is 11.6. The van der Waals surface area contributed by atoms with Crippen LogP contribution in [0.5, 0.6) is 0 Å². The first-order chi connectivity index (χ1) is 8.05. The average Bonchev–Trinajstić information content (AvgIpc) is 2.77. The van der Waals surface area contributed by atoms with Crippen molar-refractivity contribution in [1.29, 1.82) is 0 Å². The quantitative estimate of drug-likeness (QED) is 0.911. The van der Waals surface area contributed by atoms with E-state index in [1.165, 1.54) is 11.3 Å². The zero-order chi connectivity index (χ0) is 12.5. The highest BCUT2D eigenvalue weighted by atomic mass is 32.2. The van der Waals surface area contributed by atoms with Crippen molar-refractivity contribution < 1.29 is 8.42 Å². The summed E-state index contributed by atoms with van der Waals surface area (Å²) in [6.45, 7) is 3.64. The lowest BCUT2D eigenvalue weighted by Crippen LogP contribution is -2.39.